The zero-order valence-corrected chi connectivity index (χ0v) is 9.78. The van der Waals surface area contributed by atoms with Crippen LogP contribution in [0, 0.1) is 10.1 Å². The number of hydrogen-bond donors (Lipinski definition) is 0. The second-order valence-electron chi connectivity index (χ2n) is 3.25. The molecular formula is C10H12N4O4. The molecule has 0 saturated heterocycles. The normalized spacial score (nSPS) is 9.39. The number of benzene rings is 1. The minimum absolute atomic E-state index is 0.0687. The zero-order valence-electron chi connectivity index (χ0n) is 9.78. The van der Waals surface area contributed by atoms with Crippen molar-refractivity contribution < 1.29 is 14.4 Å². The van der Waals surface area contributed by atoms with Gasteiger partial charge >= 0.3 is 0 Å². The number of rotatable bonds is 7. The first kappa shape index (κ1) is 13.6. The molecule has 0 aliphatic rings. The summed E-state index contributed by atoms with van der Waals surface area (Å²) in [5.41, 5.74) is 8.02. The molecular weight excluding hydrogens is 240 g/mol. The SMILES string of the molecule is COc1ccc([N+](=O)[O-])cc1OCCCN=[N+]=[N-]. The summed E-state index contributed by atoms with van der Waals surface area (Å²) in [6.07, 6.45) is 0.524. The average molecular weight is 252 g/mol. The lowest BCUT2D eigenvalue weighted by Gasteiger charge is -2.09. The van der Waals surface area contributed by atoms with Gasteiger partial charge in [-0.3, -0.25) is 10.1 Å². The Labute approximate surface area is 103 Å². The summed E-state index contributed by atoms with van der Waals surface area (Å²) in [6.45, 7) is 0.601. The van der Waals surface area contributed by atoms with Crippen LogP contribution in [0.15, 0.2) is 23.3 Å². The van der Waals surface area contributed by atoms with Gasteiger partial charge in [-0.25, -0.2) is 0 Å². The van der Waals surface area contributed by atoms with Crippen LogP contribution in [0.4, 0.5) is 5.69 Å². The first-order chi connectivity index (χ1) is 8.69. The molecule has 0 radical (unpaired) electrons. The fourth-order valence-corrected chi connectivity index (χ4v) is 1.25. The standard InChI is InChI=1S/C10H12N4O4/c1-17-9-4-3-8(14(15)16)7-10(9)18-6-2-5-12-13-11/h3-4,7H,2,5-6H2,1H3. The quantitative estimate of drug-likeness (QED) is 0.185. The maximum atomic E-state index is 10.6. The molecule has 0 N–H and O–H groups in total. The van der Waals surface area contributed by atoms with Crippen molar-refractivity contribution in [3.63, 3.8) is 0 Å². The highest BCUT2D eigenvalue weighted by Gasteiger charge is 2.12. The number of hydrogen-bond acceptors (Lipinski definition) is 5. The third kappa shape index (κ3) is 3.84. The number of azide groups is 1. The Morgan fingerprint density at radius 1 is 1.50 bits per heavy atom. The van der Waals surface area contributed by atoms with Gasteiger partial charge in [-0.1, -0.05) is 5.11 Å². The number of non-ortho nitro benzene ring substituents is 1. The molecule has 96 valence electrons. The maximum Gasteiger partial charge on any atom is 0.273 e. The smallest absolute Gasteiger partial charge is 0.273 e. The molecule has 0 unspecified atom stereocenters. The van der Waals surface area contributed by atoms with Crippen molar-refractivity contribution in [2.45, 2.75) is 6.42 Å². The molecule has 0 heterocycles. The van der Waals surface area contributed by atoms with Crippen molar-refractivity contribution in [1.29, 1.82) is 0 Å². The minimum atomic E-state index is -0.508. The van der Waals surface area contributed by atoms with Gasteiger partial charge in [0.2, 0.25) is 0 Å². The lowest BCUT2D eigenvalue weighted by Crippen LogP contribution is -2.01. The molecule has 0 aromatic heterocycles. The molecule has 18 heavy (non-hydrogen) atoms. The van der Waals surface area contributed by atoms with Crippen molar-refractivity contribution in [3.8, 4) is 11.5 Å². The first-order valence-corrected chi connectivity index (χ1v) is 5.15. The van der Waals surface area contributed by atoms with Gasteiger partial charge in [-0.05, 0) is 18.0 Å². The number of nitro benzene ring substituents is 1. The van der Waals surface area contributed by atoms with Crippen LogP contribution in [0.3, 0.4) is 0 Å². The fourth-order valence-electron chi connectivity index (χ4n) is 1.25. The summed E-state index contributed by atoms with van der Waals surface area (Å²) in [7, 11) is 1.45. The van der Waals surface area contributed by atoms with Crippen LogP contribution in [0.1, 0.15) is 6.42 Å². The van der Waals surface area contributed by atoms with Crippen molar-refractivity contribution in [2.75, 3.05) is 20.3 Å². The van der Waals surface area contributed by atoms with E-state index in [1.807, 2.05) is 0 Å². The van der Waals surface area contributed by atoms with Crippen molar-refractivity contribution >= 4 is 5.69 Å². The summed E-state index contributed by atoms with van der Waals surface area (Å²) in [4.78, 5) is 12.7. The van der Waals surface area contributed by atoms with E-state index in [4.69, 9.17) is 15.0 Å². The molecule has 1 rings (SSSR count). The zero-order chi connectivity index (χ0) is 13.4. The molecule has 8 nitrogen and oxygen atoms in total. The van der Waals surface area contributed by atoms with Crippen molar-refractivity contribution in [3.05, 3.63) is 38.8 Å². The molecule has 0 atom stereocenters. The van der Waals surface area contributed by atoms with E-state index in [1.165, 1.54) is 25.3 Å². The largest absolute Gasteiger partial charge is 0.493 e. The predicted octanol–water partition coefficient (Wildman–Crippen LogP) is 2.68. The summed E-state index contributed by atoms with van der Waals surface area (Å²) >= 11 is 0. The van der Waals surface area contributed by atoms with Gasteiger partial charge in [0.05, 0.1) is 24.7 Å². The van der Waals surface area contributed by atoms with Crippen LogP contribution in [0.2, 0.25) is 0 Å². The average Bonchev–Trinajstić information content (AvgIpc) is 2.38. The second-order valence-corrected chi connectivity index (χ2v) is 3.25. The van der Waals surface area contributed by atoms with Crippen LogP contribution in [0.5, 0.6) is 11.5 Å². The highest BCUT2D eigenvalue weighted by Crippen LogP contribution is 2.31. The second kappa shape index (κ2) is 6.97. The Bertz CT molecular complexity index is 471. The number of nitro groups is 1. The monoisotopic (exact) mass is 252 g/mol. The molecule has 0 aliphatic carbocycles. The third-order valence-electron chi connectivity index (χ3n) is 2.08. The molecule has 1 aromatic carbocycles. The van der Waals surface area contributed by atoms with E-state index in [0.717, 1.165) is 0 Å². The number of methoxy groups -OCH3 is 1. The maximum absolute atomic E-state index is 10.6. The lowest BCUT2D eigenvalue weighted by atomic mass is 10.3. The molecule has 0 amide bonds. The van der Waals surface area contributed by atoms with Crippen LogP contribution in [-0.2, 0) is 0 Å². The summed E-state index contributed by atoms with van der Waals surface area (Å²) in [5.74, 6) is 0.719. The summed E-state index contributed by atoms with van der Waals surface area (Å²) < 4.78 is 10.4. The van der Waals surface area contributed by atoms with E-state index in [0.29, 0.717) is 24.5 Å². The number of ether oxygens (including phenoxy) is 2. The molecule has 0 aliphatic heterocycles. The number of nitrogens with zero attached hydrogens (tertiary/aromatic N) is 4. The lowest BCUT2D eigenvalue weighted by molar-refractivity contribution is -0.385. The van der Waals surface area contributed by atoms with E-state index < -0.39 is 4.92 Å². The summed E-state index contributed by atoms with van der Waals surface area (Å²) in [5, 5.41) is 14.0. The Kier molecular flexibility index (Phi) is 5.27. The van der Waals surface area contributed by atoms with E-state index >= 15 is 0 Å². The van der Waals surface area contributed by atoms with Crippen molar-refractivity contribution in [1.82, 2.24) is 0 Å². The first-order valence-electron chi connectivity index (χ1n) is 5.15. The van der Waals surface area contributed by atoms with Gasteiger partial charge in [-0.15, -0.1) is 0 Å². The molecule has 0 spiro atoms. The van der Waals surface area contributed by atoms with E-state index in [2.05, 4.69) is 10.0 Å². The molecule has 1 aromatic rings. The molecule has 8 heteroatoms. The Balaban J connectivity index is 2.69. The fraction of sp³-hybridized carbons (Fsp3) is 0.400. The Morgan fingerprint density at radius 3 is 2.89 bits per heavy atom. The van der Waals surface area contributed by atoms with Crippen LogP contribution in [0.25, 0.3) is 10.4 Å². The predicted molar refractivity (Wildman–Crippen MR) is 63.8 cm³/mol. The molecule has 0 fully saturated rings. The minimum Gasteiger partial charge on any atom is -0.493 e. The Hall–Kier alpha value is -2.47. The van der Waals surface area contributed by atoms with Gasteiger partial charge in [0, 0.05) is 17.5 Å². The van der Waals surface area contributed by atoms with Crippen LogP contribution in [-0.4, -0.2) is 25.2 Å². The van der Waals surface area contributed by atoms with Gasteiger partial charge in [0.1, 0.15) is 0 Å². The van der Waals surface area contributed by atoms with Crippen LogP contribution < -0.4 is 9.47 Å². The molecule has 0 saturated carbocycles. The van der Waals surface area contributed by atoms with Gasteiger partial charge in [-0.2, -0.15) is 0 Å². The highest BCUT2D eigenvalue weighted by molar-refractivity contribution is 5.48. The van der Waals surface area contributed by atoms with Crippen molar-refractivity contribution in [2.24, 2.45) is 5.11 Å². The van der Waals surface area contributed by atoms with Gasteiger partial charge < -0.3 is 9.47 Å². The van der Waals surface area contributed by atoms with E-state index in [9.17, 15) is 10.1 Å². The van der Waals surface area contributed by atoms with E-state index in [-0.39, 0.29) is 12.3 Å². The molecule has 0 bridgehead atoms. The Morgan fingerprint density at radius 2 is 2.28 bits per heavy atom. The topological polar surface area (TPSA) is 110 Å². The van der Waals surface area contributed by atoms with E-state index in [1.54, 1.807) is 0 Å². The van der Waals surface area contributed by atoms with Crippen LogP contribution >= 0.6 is 0 Å². The summed E-state index contributed by atoms with van der Waals surface area (Å²) in [6, 6.07) is 4.11. The van der Waals surface area contributed by atoms with Gasteiger partial charge in [0.25, 0.3) is 5.69 Å². The highest BCUT2D eigenvalue weighted by atomic mass is 16.6. The van der Waals surface area contributed by atoms with Gasteiger partial charge in [0.15, 0.2) is 11.5 Å². The third-order valence-corrected chi connectivity index (χ3v) is 2.08.